The first-order chi connectivity index (χ1) is 12.4. The number of pyridine rings is 1. The lowest BCUT2D eigenvalue weighted by Gasteiger charge is -2.31. The van der Waals surface area contributed by atoms with Crippen molar-refractivity contribution in [3.05, 3.63) is 40.0 Å². The van der Waals surface area contributed by atoms with E-state index in [0.29, 0.717) is 24.8 Å². The van der Waals surface area contributed by atoms with Crippen LogP contribution in [0, 0.1) is 13.8 Å². The molecule has 1 fully saturated rings. The number of quaternary nitrogens is 1. The van der Waals surface area contributed by atoms with Crippen LogP contribution in [0.2, 0.25) is 5.15 Å². The molecule has 7 heteroatoms. The van der Waals surface area contributed by atoms with Crippen LogP contribution in [-0.2, 0) is 20.9 Å². The molecule has 6 nitrogen and oxygen atoms in total. The van der Waals surface area contributed by atoms with Crippen molar-refractivity contribution in [2.45, 2.75) is 32.9 Å². The Balaban J connectivity index is 1.91. The molecule has 0 radical (unpaired) electrons. The number of halogens is 1. The van der Waals surface area contributed by atoms with Gasteiger partial charge in [-0.05, 0) is 31.0 Å². The maximum atomic E-state index is 12.2. The number of esters is 1. The quantitative estimate of drug-likeness (QED) is 0.615. The van der Waals surface area contributed by atoms with Gasteiger partial charge in [0.05, 0.1) is 25.7 Å². The third-order valence-electron chi connectivity index (χ3n) is 5.11. The number of nitrogens with zero attached hydrogens (tertiary/aromatic N) is 1. The summed E-state index contributed by atoms with van der Waals surface area (Å²) in [7, 11) is 1.33. The highest BCUT2D eigenvalue weighted by molar-refractivity contribution is 6.30. The molecule has 2 N–H and O–H groups in total. The smallest absolute Gasteiger partial charge is 0.312 e. The van der Waals surface area contributed by atoms with Crippen LogP contribution in [0.5, 0.6) is 0 Å². The van der Waals surface area contributed by atoms with Crippen LogP contribution in [0.25, 0.3) is 10.9 Å². The Labute approximate surface area is 157 Å². The second-order valence-electron chi connectivity index (χ2n) is 6.73. The molecule has 3 rings (SSSR count). The molecule has 1 aromatic carbocycles. The Bertz CT molecular complexity index is 869. The molecule has 0 aliphatic carbocycles. The first-order valence-corrected chi connectivity index (χ1v) is 9.03. The minimum Gasteiger partial charge on any atom is -0.469 e. The van der Waals surface area contributed by atoms with Crippen molar-refractivity contribution >= 4 is 34.4 Å². The van der Waals surface area contributed by atoms with Gasteiger partial charge in [0.25, 0.3) is 5.91 Å². The zero-order valence-corrected chi connectivity index (χ0v) is 15.9. The summed E-state index contributed by atoms with van der Waals surface area (Å²) in [5.74, 6) is -0.522. The number of nitrogens with one attached hydrogen (secondary N) is 2. The van der Waals surface area contributed by atoms with E-state index in [9.17, 15) is 9.59 Å². The third kappa shape index (κ3) is 3.66. The SMILES string of the molecule is COC(=O)C[C@@H]1C(=O)NCC[NH+]1Cc1cc2ccc(C)c(C)c2nc1Cl. The summed E-state index contributed by atoms with van der Waals surface area (Å²) in [5.41, 5.74) is 4.06. The number of rotatable bonds is 4. The number of piperazine rings is 1. The lowest BCUT2D eigenvalue weighted by Crippen LogP contribution is -3.18. The van der Waals surface area contributed by atoms with Crippen molar-refractivity contribution in [1.82, 2.24) is 10.3 Å². The second kappa shape index (κ2) is 7.60. The fourth-order valence-corrected chi connectivity index (χ4v) is 3.61. The van der Waals surface area contributed by atoms with Crippen LogP contribution >= 0.6 is 11.6 Å². The van der Waals surface area contributed by atoms with Gasteiger partial charge in [0.1, 0.15) is 18.1 Å². The molecule has 1 aromatic heterocycles. The Morgan fingerprint density at radius 3 is 2.92 bits per heavy atom. The molecule has 0 bridgehead atoms. The maximum absolute atomic E-state index is 12.2. The van der Waals surface area contributed by atoms with Crippen LogP contribution in [0.1, 0.15) is 23.1 Å². The third-order valence-corrected chi connectivity index (χ3v) is 5.44. The lowest BCUT2D eigenvalue weighted by molar-refractivity contribution is -0.930. The normalized spacial score (nSPS) is 20.1. The molecule has 1 aliphatic rings. The van der Waals surface area contributed by atoms with E-state index in [-0.39, 0.29) is 12.3 Å². The van der Waals surface area contributed by atoms with Gasteiger partial charge in [0.15, 0.2) is 6.04 Å². The van der Waals surface area contributed by atoms with Crippen LogP contribution in [0.3, 0.4) is 0 Å². The van der Waals surface area contributed by atoms with E-state index in [1.807, 2.05) is 26.0 Å². The molecule has 138 valence electrons. The van der Waals surface area contributed by atoms with Gasteiger partial charge in [0.2, 0.25) is 0 Å². The van der Waals surface area contributed by atoms with Crippen molar-refractivity contribution in [2.24, 2.45) is 0 Å². The monoisotopic (exact) mass is 376 g/mol. The predicted molar refractivity (Wildman–Crippen MR) is 99.2 cm³/mol. The van der Waals surface area contributed by atoms with Gasteiger partial charge in [-0.15, -0.1) is 0 Å². The molecule has 1 amide bonds. The standard InChI is InChI=1S/C19H22ClN3O3/c1-11-4-5-13-8-14(18(20)22-17(13)12(11)2)10-23-7-6-21-19(25)15(23)9-16(24)26-3/h4-5,8,15H,6-7,9-10H2,1-3H3,(H,21,25)/p+1/t15-/m1/s1. The Morgan fingerprint density at radius 2 is 2.19 bits per heavy atom. The fraction of sp³-hybridized carbons (Fsp3) is 0.421. The average Bonchev–Trinajstić information content (AvgIpc) is 2.62. The number of benzene rings is 1. The number of carbonyl (C=O) groups excluding carboxylic acids is 2. The number of methoxy groups -OCH3 is 1. The summed E-state index contributed by atoms with van der Waals surface area (Å²) in [6.45, 7) is 5.90. The van der Waals surface area contributed by atoms with Gasteiger partial charge in [-0.3, -0.25) is 9.59 Å². The maximum Gasteiger partial charge on any atom is 0.312 e. The molecular weight excluding hydrogens is 354 g/mol. The first-order valence-electron chi connectivity index (χ1n) is 8.65. The number of amides is 1. The van der Waals surface area contributed by atoms with Crippen LogP contribution in [-0.4, -0.2) is 43.1 Å². The summed E-state index contributed by atoms with van der Waals surface area (Å²) < 4.78 is 4.73. The molecule has 2 heterocycles. The Kier molecular flexibility index (Phi) is 5.44. The van der Waals surface area contributed by atoms with Gasteiger partial charge in [-0.25, -0.2) is 4.98 Å². The number of hydrogen-bond acceptors (Lipinski definition) is 4. The molecule has 26 heavy (non-hydrogen) atoms. The highest BCUT2D eigenvalue weighted by atomic mass is 35.5. The van der Waals surface area contributed by atoms with Crippen molar-refractivity contribution in [3.8, 4) is 0 Å². The summed E-state index contributed by atoms with van der Waals surface area (Å²) in [6, 6.07) is 5.65. The number of fused-ring (bicyclic) bond motifs is 1. The summed E-state index contributed by atoms with van der Waals surface area (Å²) in [6.07, 6.45) is 0.0502. The lowest BCUT2D eigenvalue weighted by atomic mass is 10.0. The molecule has 2 atom stereocenters. The largest absolute Gasteiger partial charge is 0.469 e. The van der Waals surface area contributed by atoms with Crippen molar-refractivity contribution in [1.29, 1.82) is 0 Å². The van der Waals surface area contributed by atoms with Gasteiger partial charge in [-0.2, -0.15) is 0 Å². The molecule has 1 saturated heterocycles. The second-order valence-corrected chi connectivity index (χ2v) is 7.08. The summed E-state index contributed by atoms with van der Waals surface area (Å²) >= 11 is 6.45. The van der Waals surface area contributed by atoms with Gasteiger partial charge in [-0.1, -0.05) is 23.7 Å². The van der Waals surface area contributed by atoms with Crippen LogP contribution in [0.4, 0.5) is 0 Å². The highest BCUT2D eigenvalue weighted by Gasteiger charge is 2.36. The fourth-order valence-electron chi connectivity index (χ4n) is 3.40. The van der Waals surface area contributed by atoms with Crippen molar-refractivity contribution in [3.63, 3.8) is 0 Å². The van der Waals surface area contributed by atoms with E-state index in [4.69, 9.17) is 16.3 Å². The zero-order chi connectivity index (χ0) is 18.8. The van der Waals surface area contributed by atoms with Crippen molar-refractivity contribution < 1.29 is 19.2 Å². The summed E-state index contributed by atoms with van der Waals surface area (Å²) in [5, 5.41) is 4.29. The van der Waals surface area contributed by atoms with Gasteiger partial charge in [0, 0.05) is 10.9 Å². The number of ether oxygens (including phenoxy) is 1. The van der Waals surface area contributed by atoms with E-state index in [1.165, 1.54) is 12.7 Å². The molecule has 1 aliphatic heterocycles. The summed E-state index contributed by atoms with van der Waals surface area (Å²) in [4.78, 5) is 29.5. The van der Waals surface area contributed by atoms with E-state index < -0.39 is 12.0 Å². The van der Waals surface area contributed by atoms with E-state index in [2.05, 4.69) is 16.4 Å². The van der Waals surface area contributed by atoms with Crippen LogP contribution in [0.15, 0.2) is 18.2 Å². The predicted octanol–water partition coefficient (Wildman–Crippen LogP) is 0.951. The molecular formula is C19H23ClN3O3+. The molecule has 1 unspecified atom stereocenters. The Morgan fingerprint density at radius 1 is 1.42 bits per heavy atom. The minimum absolute atomic E-state index is 0.0502. The molecule has 2 aromatic rings. The van der Waals surface area contributed by atoms with Gasteiger partial charge < -0.3 is 15.0 Å². The highest BCUT2D eigenvalue weighted by Crippen LogP contribution is 2.24. The topological polar surface area (TPSA) is 72.7 Å². The minimum atomic E-state index is -0.484. The van der Waals surface area contributed by atoms with Crippen molar-refractivity contribution in [2.75, 3.05) is 20.2 Å². The average molecular weight is 377 g/mol. The van der Waals surface area contributed by atoms with E-state index in [0.717, 1.165) is 26.9 Å². The van der Waals surface area contributed by atoms with Gasteiger partial charge >= 0.3 is 5.97 Å². The number of aryl methyl sites for hydroxylation is 2. The molecule has 0 spiro atoms. The Hall–Kier alpha value is -2.18. The number of hydrogen-bond donors (Lipinski definition) is 2. The zero-order valence-electron chi connectivity index (χ0n) is 15.2. The van der Waals surface area contributed by atoms with Crippen LogP contribution < -0.4 is 10.2 Å². The number of aromatic nitrogens is 1. The number of carbonyl (C=O) groups is 2. The van der Waals surface area contributed by atoms with E-state index in [1.54, 1.807) is 0 Å². The van der Waals surface area contributed by atoms with E-state index >= 15 is 0 Å². The molecule has 0 saturated carbocycles. The first kappa shape index (κ1) is 18.6.